The predicted octanol–water partition coefficient (Wildman–Crippen LogP) is 2.71. The number of aromatic nitrogens is 3. The fourth-order valence-corrected chi connectivity index (χ4v) is 1.93. The molecule has 1 N–H and O–H groups in total. The van der Waals surface area contributed by atoms with Crippen LogP contribution in [0.5, 0.6) is 0 Å². The van der Waals surface area contributed by atoms with Crippen molar-refractivity contribution >= 4 is 17.6 Å². The summed E-state index contributed by atoms with van der Waals surface area (Å²) in [5.74, 6) is -1.02. The molecule has 1 aromatic carbocycles. The van der Waals surface area contributed by atoms with Crippen LogP contribution in [0, 0.1) is 0 Å². The standard InChI is InChI=1S/C12H12ClN3O2/c1-2-5-16-11(7-14-15-16)9-4-3-8(13)6-10(9)12(17)18/h3-4,6-7H,2,5H2,1H3,(H,17,18). The van der Waals surface area contributed by atoms with E-state index in [0.717, 1.165) is 6.42 Å². The van der Waals surface area contributed by atoms with Crippen LogP contribution in [0.25, 0.3) is 11.3 Å². The molecule has 5 nitrogen and oxygen atoms in total. The van der Waals surface area contributed by atoms with Crippen LogP contribution in [0.4, 0.5) is 0 Å². The van der Waals surface area contributed by atoms with Crippen molar-refractivity contribution in [3.05, 3.63) is 35.0 Å². The molecule has 0 unspecified atom stereocenters. The van der Waals surface area contributed by atoms with Crippen LogP contribution in [0.3, 0.4) is 0 Å². The average molecular weight is 266 g/mol. The largest absolute Gasteiger partial charge is 0.478 e. The van der Waals surface area contributed by atoms with Crippen molar-refractivity contribution < 1.29 is 9.90 Å². The number of hydrogen-bond acceptors (Lipinski definition) is 3. The summed E-state index contributed by atoms with van der Waals surface area (Å²) in [5.41, 5.74) is 1.42. The summed E-state index contributed by atoms with van der Waals surface area (Å²) in [5, 5.41) is 17.4. The lowest BCUT2D eigenvalue weighted by atomic mass is 10.1. The van der Waals surface area contributed by atoms with Crippen molar-refractivity contribution in [2.75, 3.05) is 0 Å². The van der Waals surface area contributed by atoms with Gasteiger partial charge in [-0.05, 0) is 18.6 Å². The van der Waals surface area contributed by atoms with E-state index in [1.165, 1.54) is 6.07 Å². The molecule has 0 saturated heterocycles. The Bertz CT molecular complexity index is 580. The number of benzene rings is 1. The Kier molecular flexibility index (Phi) is 3.62. The zero-order valence-corrected chi connectivity index (χ0v) is 10.6. The summed E-state index contributed by atoms with van der Waals surface area (Å²) in [6, 6.07) is 4.77. The molecule has 1 heterocycles. The number of rotatable bonds is 4. The van der Waals surface area contributed by atoms with Gasteiger partial charge in [-0.1, -0.05) is 29.8 Å². The molecule has 0 saturated carbocycles. The van der Waals surface area contributed by atoms with Crippen LogP contribution >= 0.6 is 11.6 Å². The van der Waals surface area contributed by atoms with Crippen molar-refractivity contribution in [3.8, 4) is 11.3 Å². The number of nitrogens with zero attached hydrogens (tertiary/aromatic N) is 3. The van der Waals surface area contributed by atoms with E-state index in [4.69, 9.17) is 11.6 Å². The first kappa shape index (κ1) is 12.6. The number of hydrogen-bond donors (Lipinski definition) is 1. The molecule has 0 atom stereocenters. The number of carboxylic acid groups (broad SMARTS) is 1. The third-order valence-electron chi connectivity index (χ3n) is 2.54. The Morgan fingerprint density at radius 2 is 2.28 bits per heavy atom. The molecule has 0 aliphatic rings. The molecule has 2 rings (SSSR count). The molecule has 0 spiro atoms. The second-order valence-corrected chi connectivity index (χ2v) is 4.27. The van der Waals surface area contributed by atoms with E-state index in [0.29, 0.717) is 22.8 Å². The lowest BCUT2D eigenvalue weighted by molar-refractivity contribution is 0.0697. The quantitative estimate of drug-likeness (QED) is 0.923. The zero-order chi connectivity index (χ0) is 13.1. The molecule has 0 radical (unpaired) electrons. The summed E-state index contributed by atoms with van der Waals surface area (Å²) in [7, 11) is 0. The van der Waals surface area contributed by atoms with Crippen molar-refractivity contribution in [2.24, 2.45) is 0 Å². The topological polar surface area (TPSA) is 68.0 Å². The molecule has 94 valence electrons. The first-order valence-electron chi connectivity index (χ1n) is 5.55. The minimum Gasteiger partial charge on any atom is -0.478 e. The highest BCUT2D eigenvalue weighted by Gasteiger charge is 2.16. The van der Waals surface area contributed by atoms with Gasteiger partial charge in [0.25, 0.3) is 0 Å². The SMILES string of the molecule is CCCn1nncc1-c1ccc(Cl)cc1C(=O)O. The smallest absolute Gasteiger partial charge is 0.336 e. The summed E-state index contributed by atoms with van der Waals surface area (Å²) in [6.45, 7) is 2.71. The normalized spacial score (nSPS) is 10.6. The van der Waals surface area contributed by atoms with Crippen LogP contribution in [0.15, 0.2) is 24.4 Å². The zero-order valence-electron chi connectivity index (χ0n) is 9.80. The van der Waals surface area contributed by atoms with E-state index in [9.17, 15) is 9.90 Å². The van der Waals surface area contributed by atoms with Crippen molar-refractivity contribution in [3.63, 3.8) is 0 Å². The number of carbonyl (C=O) groups is 1. The van der Waals surface area contributed by atoms with Crippen LogP contribution in [0.2, 0.25) is 5.02 Å². The minimum absolute atomic E-state index is 0.155. The van der Waals surface area contributed by atoms with Crippen molar-refractivity contribution in [1.29, 1.82) is 0 Å². The first-order chi connectivity index (χ1) is 8.63. The number of carboxylic acids is 1. The Balaban J connectivity index is 2.56. The maximum atomic E-state index is 11.2. The summed E-state index contributed by atoms with van der Waals surface area (Å²) in [4.78, 5) is 11.2. The number of halogens is 1. The fraction of sp³-hybridized carbons (Fsp3) is 0.250. The third-order valence-corrected chi connectivity index (χ3v) is 2.78. The highest BCUT2D eigenvalue weighted by Crippen LogP contribution is 2.26. The molecule has 0 bridgehead atoms. The van der Waals surface area contributed by atoms with Crippen LogP contribution < -0.4 is 0 Å². The van der Waals surface area contributed by atoms with Gasteiger partial charge >= 0.3 is 5.97 Å². The fourth-order valence-electron chi connectivity index (χ4n) is 1.76. The van der Waals surface area contributed by atoms with Crippen LogP contribution in [-0.2, 0) is 6.54 Å². The van der Waals surface area contributed by atoms with E-state index in [1.807, 2.05) is 6.92 Å². The monoisotopic (exact) mass is 265 g/mol. The molecule has 18 heavy (non-hydrogen) atoms. The van der Waals surface area contributed by atoms with Gasteiger partial charge in [-0.15, -0.1) is 5.10 Å². The van der Waals surface area contributed by atoms with Gasteiger partial charge in [0.15, 0.2) is 0 Å². The Morgan fingerprint density at radius 3 is 2.94 bits per heavy atom. The second-order valence-electron chi connectivity index (χ2n) is 3.84. The molecular formula is C12H12ClN3O2. The molecule has 0 fully saturated rings. The predicted molar refractivity (Wildman–Crippen MR) is 67.7 cm³/mol. The lowest BCUT2D eigenvalue weighted by Crippen LogP contribution is -2.05. The van der Waals surface area contributed by atoms with Gasteiger partial charge in [0, 0.05) is 17.1 Å². The maximum Gasteiger partial charge on any atom is 0.336 e. The van der Waals surface area contributed by atoms with E-state index < -0.39 is 5.97 Å². The Morgan fingerprint density at radius 1 is 1.50 bits per heavy atom. The number of aryl methyl sites for hydroxylation is 1. The van der Waals surface area contributed by atoms with E-state index >= 15 is 0 Å². The van der Waals surface area contributed by atoms with Gasteiger partial charge in [0.2, 0.25) is 0 Å². The number of aromatic carboxylic acids is 1. The van der Waals surface area contributed by atoms with E-state index in [-0.39, 0.29) is 5.56 Å². The first-order valence-corrected chi connectivity index (χ1v) is 5.93. The van der Waals surface area contributed by atoms with Gasteiger partial charge in [-0.2, -0.15) is 0 Å². The highest BCUT2D eigenvalue weighted by molar-refractivity contribution is 6.31. The minimum atomic E-state index is -1.02. The maximum absolute atomic E-state index is 11.2. The summed E-state index contributed by atoms with van der Waals surface area (Å²) >= 11 is 5.82. The van der Waals surface area contributed by atoms with Crippen LogP contribution in [0.1, 0.15) is 23.7 Å². The van der Waals surface area contributed by atoms with Gasteiger partial charge in [0.05, 0.1) is 17.5 Å². The Labute approximate surface area is 109 Å². The molecule has 6 heteroatoms. The summed E-state index contributed by atoms with van der Waals surface area (Å²) < 4.78 is 1.69. The molecule has 2 aromatic rings. The highest BCUT2D eigenvalue weighted by atomic mass is 35.5. The molecule has 1 aromatic heterocycles. The van der Waals surface area contributed by atoms with Gasteiger partial charge < -0.3 is 5.11 Å². The van der Waals surface area contributed by atoms with Gasteiger partial charge in [-0.25, -0.2) is 9.48 Å². The van der Waals surface area contributed by atoms with Crippen molar-refractivity contribution in [2.45, 2.75) is 19.9 Å². The average Bonchev–Trinajstić information content (AvgIpc) is 2.77. The van der Waals surface area contributed by atoms with Gasteiger partial charge in [0.1, 0.15) is 0 Å². The van der Waals surface area contributed by atoms with Gasteiger partial charge in [-0.3, -0.25) is 0 Å². The third kappa shape index (κ3) is 2.36. The van der Waals surface area contributed by atoms with Crippen molar-refractivity contribution in [1.82, 2.24) is 15.0 Å². The lowest BCUT2D eigenvalue weighted by Gasteiger charge is -2.08. The Hall–Kier alpha value is -1.88. The summed E-state index contributed by atoms with van der Waals surface area (Å²) in [6.07, 6.45) is 2.46. The molecule has 0 amide bonds. The molecular weight excluding hydrogens is 254 g/mol. The molecule has 0 aliphatic carbocycles. The second kappa shape index (κ2) is 5.18. The van der Waals surface area contributed by atoms with Crippen LogP contribution in [-0.4, -0.2) is 26.1 Å². The van der Waals surface area contributed by atoms with E-state index in [2.05, 4.69) is 10.3 Å². The molecule has 0 aliphatic heterocycles. The van der Waals surface area contributed by atoms with E-state index in [1.54, 1.807) is 23.0 Å².